The molecule has 1 aliphatic rings. The lowest BCUT2D eigenvalue weighted by molar-refractivity contribution is 0.122. The van der Waals surface area contributed by atoms with Gasteiger partial charge in [0.05, 0.1) is 13.2 Å². The molecule has 2 aromatic carbocycles. The Balaban J connectivity index is 1.81. The van der Waals surface area contributed by atoms with Crippen LogP contribution in [0, 0.1) is 0 Å². The number of rotatable bonds is 4. The smallest absolute Gasteiger partial charge is 0.131 e. The average Bonchev–Trinajstić information content (AvgIpc) is 2.75. The monoisotopic (exact) mass is 375 g/mol. The molecular weight excluding hydrogens is 350 g/mol. The first kappa shape index (κ1) is 18.3. The van der Waals surface area contributed by atoms with Crippen molar-refractivity contribution in [3.05, 3.63) is 60.3 Å². The van der Waals surface area contributed by atoms with Crippen LogP contribution in [-0.2, 0) is 11.2 Å². The molecule has 1 saturated heterocycles. The number of phenolic OH excluding ortho intramolecular Hbond substituents is 1. The van der Waals surface area contributed by atoms with Crippen molar-refractivity contribution in [1.82, 2.24) is 4.98 Å². The van der Waals surface area contributed by atoms with E-state index in [1.165, 1.54) is 5.69 Å². The molecule has 0 aliphatic carbocycles. The van der Waals surface area contributed by atoms with Crippen LogP contribution in [0.2, 0.25) is 0 Å². The van der Waals surface area contributed by atoms with Crippen molar-refractivity contribution < 1.29 is 9.84 Å². The molecule has 3 aromatic rings. The third-order valence-electron chi connectivity index (χ3n) is 5.26. The molecule has 5 heteroatoms. The Kier molecular flexibility index (Phi) is 5.17. The number of nitrogens with zero attached hydrogens (tertiary/aromatic N) is 2. The fraction of sp³-hybridized carbons (Fsp3) is 0.261. The first-order valence-corrected chi connectivity index (χ1v) is 9.67. The molecule has 1 fully saturated rings. The molecule has 3 N–H and O–H groups in total. The van der Waals surface area contributed by atoms with Crippen LogP contribution in [0.1, 0.15) is 12.5 Å². The summed E-state index contributed by atoms with van der Waals surface area (Å²) < 4.78 is 5.48. The number of benzene rings is 2. The van der Waals surface area contributed by atoms with Gasteiger partial charge in [0.2, 0.25) is 0 Å². The fourth-order valence-electron chi connectivity index (χ4n) is 3.82. The van der Waals surface area contributed by atoms with Gasteiger partial charge in [-0.3, -0.25) is 0 Å². The molecular formula is C23H25N3O2. The molecule has 1 aliphatic heterocycles. The third kappa shape index (κ3) is 3.53. The highest BCUT2D eigenvalue weighted by molar-refractivity contribution is 5.85. The molecule has 0 amide bonds. The first-order valence-electron chi connectivity index (χ1n) is 9.67. The number of ether oxygens (including phenoxy) is 1. The highest BCUT2D eigenvalue weighted by Crippen LogP contribution is 2.37. The average molecular weight is 375 g/mol. The van der Waals surface area contributed by atoms with Gasteiger partial charge in [-0.2, -0.15) is 0 Å². The standard InChI is InChI=1S/C23H25N3O2/c1-2-20-21(16-6-8-19(27)9-7-16)15-25-23(24)22(20)17-4-3-5-18(14-17)26-10-12-28-13-11-26/h3-9,14-15,27H,2,10-13H2,1H3,(H2,24,25). The maximum atomic E-state index is 9.61. The number of aromatic hydroxyl groups is 1. The Bertz CT molecular complexity index is 964. The lowest BCUT2D eigenvalue weighted by Gasteiger charge is -2.29. The summed E-state index contributed by atoms with van der Waals surface area (Å²) in [5.41, 5.74) is 12.8. The van der Waals surface area contributed by atoms with E-state index in [9.17, 15) is 5.11 Å². The van der Waals surface area contributed by atoms with Gasteiger partial charge in [0.25, 0.3) is 0 Å². The van der Waals surface area contributed by atoms with Crippen molar-refractivity contribution in [2.75, 3.05) is 36.9 Å². The van der Waals surface area contributed by atoms with Crippen LogP contribution >= 0.6 is 0 Å². The number of hydrogen-bond donors (Lipinski definition) is 2. The van der Waals surface area contributed by atoms with E-state index >= 15 is 0 Å². The zero-order chi connectivity index (χ0) is 19.5. The lowest BCUT2D eigenvalue weighted by Crippen LogP contribution is -2.36. The number of aromatic nitrogens is 1. The summed E-state index contributed by atoms with van der Waals surface area (Å²) in [4.78, 5) is 6.83. The van der Waals surface area contributed by atoms with Crippen molar-refractivity contribution in [2.45, 2.75) is 13.3 Å². The van der Waals surface area contributed by atoms with Crippen LogP contribution < -0.4 is 10.6 Å². The number of phenols is 1. The summed E-state index contributed by atoms with van der Waals surface area (Å²) in [5.74, 6) is 0.794. The Morgan fingerprint density at radius 1 is 1.07 bits per heavy atom. The molecule has 0 bridgehead atoms. The number of hydrogen-bond acceptors (Lipinski definition) is 5. The predicted octanol–water partition coefficient (Wildman–Crippen LogP) is 4.10. The van der Waals surface area contributed by atoms with Crippen LogP contribution in [0.15, 0.2) is 54.7 Å². The number of morpholine rings is 1. The van der Waals surface area contributed by atoms with Crippen LogP contribution in [0.3, 0.4) is 0 Å². The van der Waals surface area contributed by atoms with Gasteiger partial charge in [0.15, 0.2) is 0 Å². The van der Waals surface area contributed by atoms with Gasteiger partial charge in [-0.15, -0.1) is 0 Å². The molecule has 1 aromatic heterocycles. The van der Waals surface area contributed by atoms with E-state index in [2.05, 4.69) is 41.1 Å². The summed E-state index contributed by atoms with van der Waals surface area (Å²) in [6, 6.07) is 15.7. The van der Waals surface area contributed by atoms with Gasteiger partial charge in [0.1, 0.15) is 11.6 Å². The fourth-order valence-corrected chi connectivity index (χ4v) is 3.82. The summed E-state index contributed by atoms with van der Waals surface area (Å²) in [5, 5.41) is 9.61. The van der Waals surface area contributed by atoms with Crippen molar-refractivity contribution >= 4 is 11.5 Å². The Morgan fingerprint density at radius 3 is 2.54 bits per heavy atom. The minimum Gasteiger partial charge on any atom is -0.508 e. The maximum Gasteiger partial charge on any atom is 0.131 e. The normalized spacial score (nSPS) is 14.2. The Hall–Kier alpha value is -3.05. The summed E-state index contributed by atoms with van der Waals surface area (Å²) >= 11 is 0. The van der Waals surface area contributed by atoms with E-state index in [0.29, 0.717) is 5.82 Å². The molecule has 28 heavy (non-hydrogen) atoms. The molecule has 0 atom stereocenters. The summed E-state index contributed by atoms with van der Waals surface area (Å²) in [6.45, 7) is 5.43. The van der Waals surface area contributed by atoms with Gasteiger partial charge in [-0.1, -0.05) is 31.2 Å². The molecule has 5 nitrogen and oxygen atoms in total. The molecule has 0 saturated carbocycles. The topological polar surface area (TPSA) is 71.6 Å². The number of nitrogen functional groups attached to an aromatic ring is 1. The minimum atomic E-state index is 0.253. The zero-order valence-corrected chi connectivity index (χ0v) is 16.1. The molecule has 0 radical (unpaired) electrons. The largest absolute Gasteiger partial charge is 0.508 e. The van der Waals surface area contributed by atoms with E-state index in [-0.39, 0.29) is 5.75 Å². The van der Waals surface area contributed by atoms with Gasteiger partial charge in [-0.25, -0.2) is 4.98 Å². The quantitative estimate of drug-likeness (QED) is 0.718. The van der Waals surface area contributed by atoms with Crippen LogP contribution in [0.4, 0.5) is 11.5 Å². The summed E-state index contributed by atoms with van der Waals surface area (Å²) in [6.07, 6.45) is 2.66. The van der Waals surface area contributed by atoms with Gasteiger partial charge < -0.3 is 20.5 Å². The number of nitrogens with two attached hydrogens (primary N) is 1. The summed E-state index contributed by atoms with van der Waals surface area (Å²) in [7, 11) is 0. The van der Waals surface area contributed by atoms with E-state index in [1.54, 1.807) is 12.1 Å². The van der Waals surface area contributed by atoms with Crippen molar-refractivity contribution in [3.63, 3.8) is 0 Å². The van der Waals surface area contributed by atoms with Gasteiger partial charge in [0, 0.05) is 36.1 Å². The van der Waals surface area contributed by atoms with Gasteiger partial charge >= 0.3 is 0 Å². The number of anilines is 2. The number of pyridine rings is 1. The minimum absolute atomic E-state index is 0.253. The highest BCUT2D eigenvalue weighted by atomic mass is 16.5. The molecule has 2 heterocycles. The van der Waals surface area contributed by atoms with E-state index in [1.807, 2.05) is 18.3 Å². The van der Waals surface area contributed by atoms with E-state index in [0.717, 1.165) is 60.5 Å². The second kappa shape index (κ2) is 7.90. The predicted molar refractivity (Wildman–Crippen MR) is 114 cm³/mol. The third-order valence-corrected chi connectivity index (χ3v) is 5.26. The molecule has 4 rings (SSSR count). The lowest BCUT2D eigenvalue weighted by atomic mass is 9.91. The first-order chi connectivity index (χ1) is 13.7. The van der Waals surface area contributed by atoms with Crippen LogP contribution in [0.25, 0.3) is 22.3 Å². The Morgan fingerprint density at radius 2 is 1.82 bits per heavy atom. The van der Waals surface area contributed by atoms with Crippen LogP contribution in [-0.4, -0.2) is 36.4 Å². The molecule has 0 spiro atoms. The second-order valence-corrected chi connectivity index (χ2v) is 6.96. The molecule has 144 valence electrons. The van der Waals surface area contributed by atoms with Crippen molar-refractivity contribution in [1.29, 1.82) is 0 Å². The maximum absolute atomic E-state index is 9.61. The van der Waals surface area contributed by atoms with Crippen LogP contribution in [0.5, 0.6) is 5.75 Å². The Labute approximate surface area is 165 Å². The van der Waals surface area contributed by atoms with E-state index in [4.69, 9.17) is 10.5 Å². The van der Waals surface area contributed by atoms with Crippen molar-refractivity contribution in [2.24, 2.45) is 0 Å². The zero-order valence-electron chi connectivity index (χ0n) is 16.1. The molecule has 0 unspecified atom stereocenters. The van der Waals surface area contributed by atoms with Crippen molar-refractivity contribution in [3.8, 4) is 28.0 Å². The van der Waals surface area contributed by atoms with E-state index < -0.39 is 0 Å². The highest BCUT2D eigenvalue weighted by Gasteiger charge is 2.17. The SMILES string of the molecule is CCc1c(-c2ccc(O)cc2)cnc(N)c1-c1cccc(N2CCOCC2)c1. The van der Waals surface area contributed by atoms with Gasteiger partial charge in [-0.05, 0) is 47.4 Å². The second-order valence-electron chi connectivity index (χ2n) is 6.96.